The van der Waals surface area contributed by atoms with E-state index in [0.717, 1.165) is 24.4 Å². The van der Waals surface area contributed by atoms with Crippen LogP contribution in [0.25, 0.3) is 0 Å². The topological polar surface area (TPSA) is 77.6 Å². The second-order valence-electron chi connectivity index (χ2n) is 4.98. The lowest BCUT2D eigenvalue weighted by Crippen LogP contribution is -2.30. The fourth-order valence-electron chi connectivity index (χ4n) is 2.26. The smallest absolute Gasteiger partial charge is 0.220 e. The van der Waals surface area contributed by atoms with Crippen LogP contribution in [0.3, 0.4) is 0 Å². The van der Waals surface area contributed by atoms with Gasteiger partial charge in [0.15, 0.2) is 0 Å². The van der Waals surface area contributed by atoms with Crippen LogP contribution in [0.15, 0.2) is 18.7 Å². The molecule has 0 spiro atoms. The molecule has 0 aliphatic carbocycles. The number of nitrogens with zero attached hydrogens (tertiary/aromatic N) is 5. The first-order valence-corrected chi connectivity index (χ1v) is 7.28. The van der Waals surface area contributed by atoms with E-state index in [1.54, 1.807) is 10.9 Å². The van der Waals surface area contributed by atoms with Gasteiger partial charge in [0.2, 0.25) is 5.91 Å². The van der Waals surface area contributed by atoms with E-state index in [4.69, 9.17) is 0 Å². The van der Waals surface area contributed by atoms with Crippen molar-refractivity contribution in [1.82, 2.24) is 29.9 Å². The first-order chi connectivity index (χ1) is 10.1. The molecular weight excluding hydrogens is 268 g/mol. The van der Waals surface area contributed by atoms with Gasteiger partial charge in [0, 0.05) is 26.2 Å². The molecule has 2 heterocycles. The van der Waals surface area contributed by atoms with Crippen LogP contribution in [0, 0.1) is 0 Å². The zero-order chi connectivity index (χ0) is 15.2. The molecule has 2 rings (SSSR count). The highest BCUT2D eigenvalue weighted by Crippen LogP contribution is 2.14. The summed E-state index contributed by atoms with van der Waals surface area (Å²) in [6.45, 7) is 4.78. The summed E-state index contributed by atoms with van der Waals surface area (Å²) in [5, 5.41) is 11.3. The minimum atomic E-state index is -0.0890. The van der Waals surface area contributed by atoms with E-state index in [9.17, 15) is 4.79 Å². The summed E-state index contributed by atoms with van der Waals surface area (Å²) < 4.78 is 3.56. The molecule has 0 aliphatic rings. The third kappa shape index (κ3) is 3.90. The number of hydrogen-bond donors (Lipinski definition) is 1. The van der Waals surface area contributed by atoms with Crippen molar-refractivity contribution >= 4 is 5.91 Å². The third-order valence-electron chi connectivity index (χ3n) is 3.40. The number of aryl methyl sites for hydroxylation is 3. The second kappa shape index (κ2) is 7.01. The fraction of sp³-hybridized carbons (Fsp3) is 0.571. The Bertz CT molecular complexity index is 588. The lowest BCUT2D eigenvalue weighted by molar-refractivity contribution is -0.121. The SMILES string of the molecule is CC[C@H](NC(=O)CCc1cnn(C)c1)c1ncnn1CC. The zero-order valence-corrected chi connectivity index (χ0v) is 12.8. The van der Waals surface area contributed by atoms with Gasteiger partial charge < -0.3 is 5.32 Å². The monoisotopic (exact) mass is 290 g/mol. The molecule has 1 N–H and O–H groups in total. The molecular formula is C14H22N6O. The molecule has 7 heteroatoms. The van der Waals surface area contributed by atoms with Crippen LogP contribution < -0.4 is 5.32 Å². The average molecular weight is 290 g/mol. The van der Waals surface area contributed by atoms with Gasteiger partial charge >= 0.3 is 0 Å². The Morgan fingerprint density at radius 2 is 2.19 bits per heavy atom. The summed E-state index contributed by atoms with van der Waals surface area (Å²) in [5.74, 6) is 0.839. The van der Waals surface area contributed by atoms with Gasteiger partial charge in [0.25, 0.3) is 0 Å². The molecule has 0 saturated carbocycles. The first kappa shape index (κ1) is 15.2. The fourth-order valence-corrected chi connectivity index (χ4v) is 2.26. The molecule has 21 heavy (non-hydrogen) atoms. The van der Waals surface area contributed by atoms with E-state index in [2.05, 4.69) is 20.5 Å². The molecule has 0 saturated heterocycles. The number of carbonyl (C=O) groups excluding carboxylic acids is 1. The van der Waals surface area contributed by atoms with Crippen molar-refractivity contribution in [2.75, 3.05) is 0 Å². The summed E-state index contributed by atoms with van der Waals surface area (Å²) in [6, 6.07) is -0.0890. The van der Waals surface area contributed by atoms with Gasteiger partial charge in [-0.05, 0) is 25.3 Å². The second-order valence-corrected chi connectivity index (χ2v) is 4.98. The van der Waals surface area contributed by atoms with Gasteiger partial charge in [-0.3, -0.25) is 9.48 Å². The van der Waals surface area contributed by atoms with Crippen LogP contribution in [0.2, 0.25) is 0 Å². The third-order valence-corrected chi connectivity index (χ3v) is 3.40. The summed E-state index contributed by atoms with van der Waals surface area (Å²) in [7, 11) is 1.87. The lowest BCUT2D eigenvalue weighted by atomic mass is 10.1. The van der Waals surface area contributed by atoms with Crippen molar-refractivity contribution in [3.8, 4) is 0 Å². The van der Waals surface area contributed by atoms with Gasteiger partial charge in [-0.2, -0.15) is 10.2 Å². The molecule has 0 radical (unpaired) electrons. The van der Waals surface area contributed by atoms with E-state index in [1.165, 1.54) is 6.33 Å². The minimum absolute atomic E-state index is 0.0244. The highest BCUT2D eigenvalue weighted by Gasteiger charge is 2.17. The van der Waals surface area contributed by atoms with E-state index in [-0.39, 0.29) is 11.9 Å². The first-order valence-electron chi connectivity index (χ1n) is 7.28. The molecule has 2 aromatic rings. The minimum Gasteiger partial charge on any atom is -0.346 e. The Morgan fingerprint density at radius 3 is 2.81 bits per heavy atom. The number of carbonyl (C=O) groups is 1. The maximum Gasteiger partial charge on any atom is 0.220 e. The van der Waals surface area contributed by atoms with E-state index in [0.29, 0.717) is 12.8 Å². The van der Waals surface area contributed by atoms with Gasteiger partial charge in [-0.1, -0.05) is 6.92 Å². The number of aromatic nitrogens is 5. The number of hydrogen-bond acceptors (Lipinski definition) is 4. The maximum absolute atomic E-state index is 12.1. The maximum atomic E-state index is 12.1. The quantitative estimate of drug-likeness (QED) is 0.832. The van der Waals surface area contributed by atoms with E-state index < -0.39 is 0 Å². The Labute approximate surface area is 124 Å². The molecule has 7 nitrogen and oxygen atoms in total. The van der Waals surface area contributed by atoms with Crippen molar-refractivity contribution in [3.05, 3.63) is 30.1 Å². The normalized spacial score (nSPS) is 12.3. The van der Waals surface area contributed by atoms with E-state index in [1.807, 2.05) is 31.8 Å². The Morgan fingerprint density at radius 1 is 1.38 bits per heavy atom. The zero-order valence-electron chi connectivity index (χ0n) is 12.8. The van der Waals surface area contributed by atoms with Crippen molar-refractivity contribution in [3.63, 3.8) is 0 Å². The highest BCUT2D eigenvalue weighted by molar-refractivity contribution is 5.76. The standard InChI is InChI=1S/C14H22N6O/c1-4-12(14-15-10-17-20(14)5-2)18-13(21)7-6-11-8-16-19(3)9-11/h8-10,12H,4-7H2,1-3H3,(H,18,21)/t12-/m0/s1. The summed E-state index contributed by atoms with van der Waals surface area (Å²) >= 11 is 0. The van der Waals surface area contributed by atoms with E-state index >= 15 is 0 Å². The Hall–Kier alpha value is -2.18. The van der Waals surface area contributed by atoms with Gasteiger partial charge in [0.05, 0.1) is 12.2 Å². The molecule has 0 aromatic carbocycles. The van der Waals surface area contributed by atoms with Crippen LogP contribution >= 0.6 is 0 Å². The van der Waals surface area contributed by atoms with Crippen molar-refractivity contribution in [1.29, 1.82) is 0 Å². The Balaban J connectivity index is 1.91. The van der Waals surface area contributed by atoms with Crippen molar-refractivity contribution in [2.24, 2.45) is 7.05 Å². The largest absolute Gasteiger partial charge is 0.346 e. The number of amides is 1. The predicted octanol–water partition coefficient (Wildman–Crippen LogP) is 1.23. The molecule has 1 amide bonds. The van der Waals surface area contributed by atoms with Crippen LogP contribution in [0.4, 0.5) is 0 Å². The molecule has 0 bridgehead atoms. The average Bonchev–Trinajstić information content (AvgIpc) is 3.11. The van der Waals surface area contributed by atoms with Gasteiger partial charge in [0.1, 0.15) is 12.2 Å². The van der Waals surface area contributed by atoms with Crippen LogP contribution in [-0.4, -0.2) is 30.5 Å². The lowest BCUT2D eigenvalue weighted by Gasteiger charge is -2.16. The summed E-state index contributed by atoms with van der Waals surface area (Å²) in [4.78, 5) is 16.3. The van der Waals surface area contributed by atoms with Gasteiger partial charge in [-0.25, -0.2) is 9.67 Å². The molecule has 114 valence electrons. The summed E-state index contributed by atoms with van der Waals surface area (Å²) in [6.07, 6.45) is 7.18. The molecule has 0 aliphatic heterocycles. The van der Waals surface area contributed by atoms with Crippen molar-refractivity contribution < 1.29 is 4.79 Å². The van der Waals surface area contributed by atoms with Crippen LogP contribution in [0.5, 0.6) is 0 Å². The number of rotatable bonds is 7. The van der Waals surface area contributed by atoms with Crippen LogP contribution in [0.1, 0.15) is 44.1 Å². The highest BCUT2D eigenvalue weighted by atomic mass is 16.1. The van der Waals surface area contributed by atoms with Crippen LogP contribution in [-0.2, 0) is 24.8 Å². The predicted molar refractivity (Wildman–Crippen MR) is 78.4 cm³/mol. The number of nitrogens with one attached hydrogen (secondary N) is 1. The molecule has 0 unspecified atom stereocenters. The van der Waals surface area contributed by atoms with Crippen molar-refractivity contribution in [2.45, 2.75) is 45.7 Å². The van der Waals surface area contributed by atoms with Gasteiger partial charge in [-0.15, -0.1) is 0 Å². The Kier molecular flexibility index (Phi) is 5.08. The molecule has 2 aromatic heterocycles. The molecule has 0 fully saturated rings. The summed E-state index contributed by atoms with van der Waals surface area (Å²) in [5.41, 5.74) is 1.07. The molecule has 1 atom stereocenters.